The van der Waals surface area contributed by atoms with E-state index in [1.807, 2.05) is 6.20 Å². The second-order valence-electron chi connectivity index (χ2n) is 7.74. The van der Waals surface area contributed by atoms with Gasteiger partial charge in [0.25, 0.3) is 0 Å². The molecule has 3 aromatic rings. The van der Waals surface area contributed by atoms with Crippen LogP contribution in [0, 0.1) is 11.6 Å². The van der Waals surface area contributed by atoms with Gasteiger partial charge in [0.15, 0.2) is 0 Å². The lowest BCUT2D eigenvalue weighted by Crippen LogP contribution is -2.45. The Labute approximate surface area is 192 Å². The Bertz CT molecular complexity index is 1190. The lowest BCUT2D eigenvalue weighted by Gasteiger charge is -2.22. The molecule has 2 heterocycles. The maximum Gasteiger partial charge on any atom is 0.247 e. The third-order valence-electron chi connectivity index (χ3n) is 5.62. The average Bonchev–Trinajstić information content (AvgIpc) is 3.42. The molecule has 0 radical (unpaired) electrons. The number of aromatic nitrogens is 1. The second kappa shape index (κ2) is 9.65. The van der Waals surface area contributed by atoms with Gasteiger partial charge in [-0.05, 0) is 82.7 Å². The Morgan fingerprint density at radius 2 is 2.06 bits per heavy atom. The Hall–Kier alpha value is -3.00. The number of halogens is 3. The van der Waals surface area contributed by atoms with Crippen molar-refractivity contribution < 1.29 is 18.4 Å². The van der Waals surface area contributed by atoms with Crippen molar-refractivity contribution >= 4 is 44.7 Å². The number of amides is 2. The normalized spacial score (nSPS) is 16.2. The molecule has 1 aliphatic heterocycles. The van der Waals surface area contributed by atoms with Crippen LogP contribution in [0.1, 0.15) is 24.0 Å². The van der Waals surface area contributed by atoms with Gasteiger partial charge in [0.1, 0.15) is 17.7 Å². The molecule has 0 aliphatic carbocycles. The molecule has 1 saturated heterocycles. The van der Waals surface area contributed by atoms with Gasteiger partial charge in [0.05, 0.1) is 4.47 Å². The highest BCUT2D eigenvalue weighted by Gasteiger charge is 2.32. The van der Waals surface area contributed by atoms with Crippen molar-refractivity contribution in [2.45, 2.75) is 25.3 Å². The highest BCUT2D eigenvalue weighted by Crippen LogP contribution is 2.21. The Morgan fingerprint density at radius 3 is 2.88 bits per heavy atom. The van der Waals surface area contributed by atoms with Crippen LogP contribution in [-0.2, 0) is 16.0 Å². The van der Waals surface area contributed by atoms with E-state index in [1.165, 1.54) is 24.3 Å². The molecule has 0 saturated carbocycles. The molecule has 2 amide bonds. The van der Waals surface area contributed by atoms with Crippen LogP contribution >= 0.6 is 15.9 Å². The fourth-order valence-corrected chi connectivity index (χ4v) is 4.37. The Balaban J connectivity index is 1.34. The van der Waals surface area contributed by atoms with Gasteiger partial charge in [-0.3, -0.25) is 9.59 Å². The first-order valence-corrected chi connectivity index (χ1v) is 11.2. The van der Waals surface area contributed by atoms with Crippen LogP contribution < -0.4 is 5.32 Å². The summed E-state index contributed by atoms with van der Waals surface area (Å²) in [6.45, 7) is 0.899. The number of carbonyl (C=O) groups is 2. The van der Waals surface area contributed by atoms with E-state index in [0.717, 1.165) is 22.9 Å². The minimum absolute atomic E-state index is 0.195. The van der Waals surface area contributed by atoms with Crippen LogP contribution in [0.2, 0.25) is 0 Å². The van der Waals surface area contributed by atoms with E-state index in [2.05, 4.69) is 26.2 Å². The van der Waals surface area contributed by atoms with Gasteiger partial charge in [0.2, 0.25) is 11.8 Å². The molecule has 32 heavy (non-hydrogen) atoms. The maximum atomic E-state index is 13.5. The van der Waals surface area contributed by atoms with Crippen LogP contribution in [0.5, 0.6) is 0 Å². The van der Waals surface area contributed by atoms with Crippen LogP contribution in [0.15, 0.2) is 53.1 Å². The molecule has 2 aromatic carbocycles. The lowest BCUT2D eigenvalue weighted by molar-refractivity contribution is -0.135. The van der Waals surface area contributed by atoms with Crippen molar-refractivity contribution in [2.75, 3.05) is 13.1 Å². The average molecular weight is 502 g/mol. The predicted octanol–water partition coefficient (Wildman–Crippen LogP) is 4.57. The summed E-state index contributed by atoms with van der Waals surface area (Å²) in [7, 11) is 0. The number of hydrogen-bond acceptors (Lipinski definition) is 2. The molecule has 0 spiro atoms. The van der Waals surface area contributed by atoms with Gasteiger partial charge in [-0.2, -0.15) is 0 Å². The molecule has 8 heteroatoms. The second-order valence-corrected chi connectivity index (χ2v) is 8.60. The minimum atomic E-state index is -0.521. The summed E-state index contributed by atoms with van der Waals surface area (Å²) in [5, 5.41) is 3.70. The Kier molecular flexibility index (Phi) is 6.69. The molecule has 166 valence electrons. The van der Waals surface area contributed by atoms with Crippen molar-refractivity contribution in [2.24, 2.45) is 0 Å². The lowest BCUT2D eigenvalue weighted by atomic mass is 10.1. The van der Waals surface area contributed by atoms with Crippen molar-refractivity contribution in [3.8, 4) is 0 Å². The summed E-state index contributed by atoms with van der Waals surface area (Å²) in [6, 6.07) is 8.53. The third kappa shape index (κ3) is 4.91. The molecule has 5 nitrogen and oxygen atoms in total. The number of nitrogens with zero attached hydrogens (tertiary/aromatic N) is 1. The van der Waals surface area contributed by atoms with E-state index in [1.54, 1.807) is 29.2 Å². The molecular formula is C24H22BrF2N3O2. The molecular weight excluding hydrogens is 480 g/mol. The molecule has 0 unspecified atom stereocenters. The number of nitrogens with one attached hydrogen (secondary N) is 2. The third-order valence-corrected chi connectivity index (χ3v) is 6.23. The van der Waals surface area contributed by atoms with E-state index in [0.29, 0.717) is 36.0 Å². The number of fused-ring (bicyclic) bond motifs is 1. The van der Waals surface area contributed by atoms with Crippen molar-refractivity contribution in [1.82, 2.24) is 15.2 Å². The van der Waals surface area contributed by atoms with Gasteiger partial charge in [0, 0.05) is 36.3 Å². The molecule has 1 atom stereocenters. The molecule has 1 aliphatic rings. The van der Waals surface area contributed by atoms with E-state index in [4.69, 9.17) is 0 Å². The first kappa shape index (κ1) is 22.2. The van der Waals surface area contributed by atoms with Gasteiger partial charge >= 0.3 is 0 Å². The standard InChI is InChI=1S/C24H22BrF2N3O2/c25-19-12-15(3-6-20(19)27)4-8-23(31)30-11-1-2-22(30)24(32)28-10-9-16-14-29-21-7-5-17(26)13-18(16)21/h3-8,12-14,22,29H,1-2,9-11H2,(H,28,32)/b8-4+/t22-/m1/s1. The van der Waals surface area contributed by atoms with Crippen molar-refractivity contribution in [3.05, 3.63) is 75.9 Å². The van der Waals surface area contributed by atoms with Crippen LogP contribution in [0.4, 0.5) is 8.78 Å². The highest BCUT2D eigenvalue weighted by molar-refractivity contribution is 9.10. The molecule has 0 bridgehead atoms. The zero-order valence-electron chi connectivity index (χ0n) is 17.2. The highest BCUT2D eigenvalue weighted by atomic mass is 79.9. The number of benzene rings is 2. The van der Waals surface area contributed by atoms with Gasteiger partial charge in [-0.15, -0.1) is 0 Å². The predicted molar refractivity (Wildman–Crippen MR) is 123 cm³/mol. The summed E-state index contributed by atoms with van der Waals surface area (Å²) >= 11 is 3.13. The zero-order valence-corrected chi connectivity index (χ0v) is 18.8. The minimum Gasteiger partial charge on any atom is -0.361 e. The fourth-order valence-electron chi connectivity index (χ4n) is 3.98. The number of rotatable bonds is 6. The van der Waals surface area contributed by atoms with Gasteiger partial charge in [-0.25, -0.2) is 8.78 Å². The number of hydrogen-bond donors (Lipinski definition) is 2. The summed E-state index contributed by atoms with van der Waals surface area (Å²) < 4.78 is 27.2. The van der Waals surface area contributed by atoms with E-state index in [-0.39, 0.29) is 23.4 Å². The molecule has 2 N–H and O–H groups in total. The monoisotopic (exact) mass is 501 g/mol. The number of likely N-dealkylation sites (tertiary alicyclic amines) is 1. The largest absolute Gasteiger partial charge is 0.361 e. The first-order valence-electron chi connectivity index (χ1n) is 10.4. The number of H-pyrrole nitrogens is 1. The smallest absolute Gasteiger partial charge is 0.247 e. The quantitative estimate of drug-likeness (QED) is 0.485. The number of carbonyl (C=O) groups excluding carboxylic acids is 2. The first-order chi connectivity index (χ1) is 15.4. The van der Waals surface area contributed by atoms with Gasteiger partial charge in [-0.1, -0.05) is 6.07 Å². The van der Waals surface area contributed by atoms with Crippen molar-refractivity contribution in [3.63, 3.8) is 0 Å². The molecule has 1 aromatic heterocycles. The van der Waals surface area contributed by atoms with Crippen LogP contribution in [-0.4, -0.2) is 40.8 Å². The molecule has 1 fully saturated rings. The maximum absolute atomic E-state index is 13.5. The van der Waals surface area contributed by atoms with E-state index >= 15 is 0 Å². The SMILES string of the molecule is O=C(NCCc1c[nH]c2ccc(F)cc12)[C@H]1CCCN1C(=O)/C=C/c1ccc(F)c(Br)c1. The van der Waals surface area contributed by atoms with E-state index < -0.39 is 6.04 Å². The summed E-state index contributed by atoms with van der Waals surface area (Å²) in [4.78, 5) is 30.0. The van der Waals surface area contributed by atoms with Crippen LogP contribution in [0.3, 0.4) is 0 Å². The fraction of sp³-hybridized carbons (Fsp3) is 0.250. The summed E-state index contributed by atoms with van der Waals surface area (Å²) in [5.74, 6) is -1.12. The molecule has 4 rings (SSSR count). The van der Waals surface area contributed by atoms with Gasteiger partial charge < -0.3 is 15.2 Å². The summed E-state index contributed by atoms with van der Waals surface area (Å²) in [5.41, 5.74) is 2.45. The van der Waals surface area contributed by atoms with Crippen molar-refractivity contribution in [1.29, 1.82) is 0 Å². The van der Waals surface area contributed by atoms with E-state index in [9.17, 15) is 18.4 Å². The Morgan fingerprint density at radius 1 is 1.22 bits per heavy atom. The number of aromatic amines is 1. The van der Waals surface area contributed by atoms with Crippen LogP contribution in [0.25, 0.3) is 17.0 Å². The summed E-state index contributed by atoms with van der Waals surface area (Å²) in [6.07, 6.45) is 6.74. The zero-order chi connectivity index (χ0) is 22.7. The topological polar surface area (TPSA) is 65.2 Å².